The average Bonchev–Trinajstić information content (AvgIpc) is 2.36. The van der Waals surface area contributed by atoms with Crippen molar-refractivity contribution in [1.29, 1.82) is 0 Å². The van der Waals surface area contributed by atoms with Crippen LogP contribution in [-0.4, -0.2) is 20.9 Å². The normalized spacial score (nSPS) is 12.0. The van der Waals surface area contributed by atoms with Gasteiger partial charge in [0, 0.05) is 6.04 Å². The van der Waals surface area contributed by atoms with Gasteiger partial charge in [-0.2, -0.15) is 4.98 Å². The SMILES string of the molecule is CCCC(CC)Nc1nc(NN)nc(C)c1[N+](=O)[O-]. The summed E-state index contributed by atoms with van der Waals surface area (Å²) in [5.74, 6) is 5.64. The second-order valence-electron chi connectivity index (χ2n) is 4.27. The van der Waals surface area contributed by atoms with Crippen molar-refractivity contribution < 1.29 is 4.92 Å². The summed E-state index contributed by atoms with van der Waals surface area (Å²) in [7, 11) is 0. The Kier molecular flexibility index (Phi) is 5.43. The first-order valence-electron chi connectivity index (χ1n) is 6.29. The van der Waals surface area contributed by atoms with Gasteiger partial charge in [0.05, 0.1) is 4.92 Å². The number of nitrogen functional groups attached to an aromatic ring is 1. The fraction of sp³-hybridized carbons (Fsp3) is 0.636. The molecule has 1 aromatic heterocycles. The summed E-state index contributed by atoms with van der Waals surface area (Å²) < 4.78 is 0. The number of hydrogen-bond donors (Lipinski definition) is 3. The molecule has 4 N–H and O–H groups in total. The first kappa shape index (κ1) is 15.1. The van der Waals surface area contributed by atoms with Gasteiger partial charge >= 0.3 is 5.69 Å². The van der Waals surface area contributed by atoms with Crippen molar-refractivity contribution in [3.63, 3.8) is 0 Å². The van der Waals surface area contributed by atoms with Gasteiger partial charge in [-0.15, -0.1) is 0 Å². The Morgan fingerprint density at radius 2 is 2.11 bits per heavy atom. The van der Waals surface area contributed by atoms with E-state index in [4.69, 9.17) is 5.84 Å². The van der Waals surface area contributed by atoms with Gasteiger partial charge in [-0.05, 0) is 19.8 Å². The maximum Gasteiger partial charge on any atom is 0.332 e. The van der Waals surface area contributed by atoms with Gasteiger partial charge in [-0.3, -0.25) is 15.5 Å². The van der Waals surface area contributed by atoms with Gasteiger partial charge < -0.3 is 5.32 Å². The van der Waals surface area contributed by atoms with Crippen molar-refractivity contribution >= 4 is 17.5 Å². The zero-order chi connectivity index (χ0) is 14.4. The van der Waals surface area contributed by atoms with E-state index in [2.05, 4.69) is 27.6 Å². The third-order valence-electron chi connectivity index (χ3n) is 2.84. The number of nitrogens with one attached hydrogen (secondary N) is 2. The predicted octanol–water partition coefficient (Wildman–Crippen LogP) is 1.97. The molecule has 0 bridgehead atoms. The van der Waals surface area contributed by atoms with E-state index >= 15 is 0 Å². The first-order valence-corrected chi connectivity index (χ1v) is 6.29. The highest BCUT2D eigenvalue weighted by molar-refractivity contribution is 5.61. The van der Waals surface area contributed by atoms with Crippen LogP contribution < -0.4 is 16.6 Å². The van der Waals surface area contributed by atoms with Crippen LogP contribution in [0.1, 0.15) is 38.8 Å². The molecule has 106 valence electrons. The molecule has 0 radical (unpaired) electrons. The lowest BCUT2D eigenvalue weighted by Gasteiger charge is -2.17. The number of nitrogens with two attached hydrogens (primary N) is 1. The van der Waals surface area contributed by atoms with Crippen LogP contribution in [0.5, 0.6) is 0 Å². The van der Waals surface area contributed by atoms with Crippen LogP contribution >= 0.6 is 0 Å². The van der Waals surface area contributed by atoms with Crippen LogP contribution in [0.3, 0.4) is 0 Å². The van der Waals surface area contributed by atoms with Gasteiger partial charge in [-0.1, -0.05) is 20.3 Å². The van der Waals surface area contributed by atoms with Crippen LogP contribution in [0.2, 0.25) is 0 Å². The van der Waals surface area contributed by atoms with Crippen molar-refractivity contribution in [2.24, 2.45) is 5.84 Å². The summed E-state index contributed by atoms with van der Waals surface area (Å²) in [4.78, 5) is 18.6. The van der Waals surface area contributed by atoms with Crippen LogP contribution in [0.15, 0.2) is 0 Å². The zero-order valence-corrected chi connectivity index (χ0v) is 11.4. The van der Waals surface area contributed by atoms with Crippen LogP contribution in [0.25, 0.3) is 0 Å². The topological polar surface area (TPSA) is 119 Å². The summed E-state index contributed by atoms with van der Waals surface area (Å²) in [6.45, 7) is 5.65. The number of nitro groups is 1. The molecule has 1 aromatic rings. The Balaban J connectivity index is 3.15. The van der Waals surface area contributed by atoms with Gasteiger partial charge in [0.15, 0.2) is 0 Å². The van der Waals surface area contributed by atoms with Crippen molar-refractivity contribution in [1.82, 2.24) is 9.97 Å². The number of aryl methyl sites for hydroxylation is 1. The summed E-state index contributed by atoms with van der Waals surface area (Å²) >= 11 is 0. The molecule has 8 nitrogen and oxygen atoms in total. The van der Waals surface area contributed by atoms with Crippen LogP contribution in [0, 0.1) is 17.0 Å². The van der Waals surface area contributed by atoms with Gasteiger partial charge in [-0.25, -0.2) is 10.8 Å². The Morgan fingerprint density at radius 3 is 2.58 bits per heavy atom. The maximum atomic E-state index is 11.1. The molecule has 1 atom stereocenters. The highest BCUT2D eigenvalue weighted by Crippen LogP contribution is 2.27. The van der Waals surface area contributed by atoms with Gasteiger partial charge in [0.25, 0.3) is 0 Å². The minimum Gasteiger partial charge on any atom is -0.361 e. The molecule has 0 spiro atoms. The first-order chi connectivity index (χ1) is 9.03. The molecule has 0 saturated heterocycles. The lowest BCUT2D eigenvalue weighted by molar-refractivity contribution is -0.385. The summed E-state index contributed by atoms with van der Waals surface area (Å²) in [6, 6.07) is 0.142. The van der Waals surface area contributed by atoms with Crippen molar-refractivity contribution in [2.75, 3.05) is 10.7 Å². The van der Waals surface area contributed by atoms with Gasteiger partial charge in [0.1, 0.15) is 5.69 Å². The molecule has 0 aliphatic rings. The standard InChI is InChI=1S/C11H20N6O2/c1-4-6-8(5-2)14-10-9(17(18)19)7(3)13-11(15-10)16-12/h8H,4-6,12H2,1-3H3,(H2,13,14,15,16). The van der Waals surface area contributed by atoms with E-state index in [1.54, 1.807) is 6.92 Å². The largest absolute Gasteiger partial charge is 0.361 e. The molecule has 0 amide bonds. The molecule has 0 aromatic carbocycles. The fourth-order valence-electron chi connectivity index (χ4n) is 1.87. The molecule has 8 heteroatoms. The van der Waals surface area contributed by atoms with E-state index in [-0.39, 0.29) is 29.2 Å². The number of aromatic nitrogens is 2. The summed E-state index contributed by atoms with van der Waals surface area (Å²) in [5.41, 5.74) is 2.49. The van der Waals surface area contributed by atoms with E-state index < -0.39 is 4.92 Å². The third-order valence-corrected chi connectivity index (χ3v) is 2.84. The molecule has 1 rings (SSSR count). The predicted molar refractivity (Wildman–Crippen MR) is 73.8 cm³/mol. The average molecular weight is 268 g/mol. The second-order valence-corrected chi connectivity index (χ2v) is 4.27. The molecule has 1 heterocycles. The minimum atomic E-state index is -0.476. The Bertz CT molecular complexity index is 451. The number of nitrogens with zero attached hydrogens (tertiary/aromatic N) is 3. The van der Waals surface area contributed by atoms with E-state index in [9.17, 15) is 10.1 Å². The molecular formula is C11H20N6O2. The Labute approximate surface area is 111 Å². The number of rotatable bonds is 7. The third kappa shape index (κ3) is 3.75. The van der Waals surface area contributed by atoms with E-state index in [1.807, 2.05) is 6.92 Å². The molecule has 19 heavy (non-hydrogen) atoms. The van der Waals surface area contributed by atoms with Crippen molar-refractivity contribution in [3.8, 4) is 0 Å². The molecule has 1 unspecified atom stereocenters. The van der Waals surface area contributed by atoms with E-state index in [0.717, 1.165) is 19.3 Å². The lowest BCUT2D eigenvalue weighted by atomic mass is 10.1. The minimum absolute atomic E-state index is 0.103. The quantitative estimate of drug-likeness (QED) is 0.393. The van der Waals surface area contributed by atoms with E-state index in [0.29, 0.717) is 0 Å². The van der Waals surface area contributed by atoms with Gasteiger partial charge in [0.2, 0.25) is 11.8 Å². The molecular weight excluding hydrogens is 248 g/mol. The summed E-state index contributed by atoms with van der Waals surface area (Å²) in [6.07, 6.45) is 2.77. The maximum absolute atomic E-state index is 11.1. The van der Waals surface area contributed by atoms with E-state index in [1.165, 1.54) is 0 Å². The number of anilines is 2. The molecule has 0 aliphatic carbocycles. The monoisotopic (exact) mass is 268 g/mol. The highest BCUT2D eigenvalue weighted by atomic mass is 16.6. The molecule has 0 aliphatic heterocycles. The Morgan fingerprint density at radius 1 is 1.42 bits per heavy atom. The lowest BCUT2D eigenvalue weighted by Crippen LogP contribution is -2.21. The molecule has 0 fully saturated rings. The van der Waals surface area contributed by atoms with Crippen molar-refractivity contribution in [2.45, 2.75) is 46.1 Å². The smallest absolute Gasteiger partial charge is 0.332 e. The molecule has 0 saturated carbocycles. The van der Waals surface area contributed by atoms with Crippen molar-refractivity contribution in [3.05, 3.63) is 15.8 Å². The van der Waals surface area contributed by atoms with Crippen LogP contribution in [0.4, 0.5) is 17.5 Å². The van der Waals surface area contributed by atoms with Crippen LogP contribution in [-0.2, 0) is 0 Å². The summed E-state index contributed by atoms with van der Waals surface area (Å²) in [5, 5.41) is 14.2. The fourth-order valence-corrected chi connectivity index (χ4v) is 1.87. The highest BCUT2D eigenvalue weighted by Gasteiger charge is 2.23. The number of hydrogen-bond acceptors (Lipinski definition) is 7. The Hall–Kier alpha value is -1.96. The number of hydrazine groups is 1. The zero-order valence-electron chi connectivity index (χ0n) is 11.4. The second kappa shape index (κ2) is 6.83.